The number of nitriles is 1. The molecule has 0 bridgehead atoms. The summed E-state index contributed by atoms with van der Waals surface area (Å²) in [6.07, 6.45) is 0.626. The molecule has 3 heteroatoms. The Morgan fingerprint density at radius 3 is 2.80 bits per heavy atom. The Hall–Kier alpha value is -0.590. The molecule has 1 aliphatic rings. The Morgan fingerprint density at radius 1 is 1.47 bits per heavy atom. The molecule has 0 aromatic carbocycles. The topological polar surface area (TPSA) is 39.1 Å². The molecule has 1 aliphatic heterocycles. The molecule has 1 N–H and O–H groups in total. The highest BCUT2D eigenvalue weighted by Gasteiger charge is 2.21. The summed E-state index contributed by atoms with van der Waals surface area (Å²) in [7, 11) is 0. The average Bonchev–Trinajstić information content (AvgIpc) is 2.28. The number of nitrogens with one attached hydrogen (secondary N) is 1. The van der Waals surface area contributed by atoms with Gasteiger partial charge in [-0.3, -0.25) is 0 Å². The Bertz CT molecular complexity index is 219. The Labute approximate surface area is 93.5 Å². The summed E-state index contributed by atoms with van der Waals surface area (Å²) in [5, 5.41) is 12.2. The Kier molecular flexibility index (Phi) is 5.07. The smallest absolute Gasteiger partial charge is 0.0638 e. The van der Waals surface area contributed by atoms with Crippen LogP contribution in [0.3, 0.4) is 0 Å². The van der Waals surface area contributed by atoms with E-state index in [9.17, 15) is 0 Å². The minimum atomic E-state index is 0.360. The molecular weight excluding hydrogens is 186 g/mol. The fourth-order valence-electron chi connectivity index (χ4n) is 2.24. The van der Waals surface area contributed by atoms with E-state index in [1.807, 2.05) is 0 Å². The lowest BCUT2D eigenvalue weighted by Gasteiger charge is -2.25. The van der Waals surface area contributed by atoms with Gasteiger partial charge in [0.1, 0.15) is 0 Å². The molecule has 1 rings (SSSR count). The van der Waals surface area contributed by atoms with Crippen molar-refractivity contribution in [2.24, 2.45) is 11.8 Å². The summed E-state index contributed by atoms with van der Waals surface area (Å²) in [6.45, 7) is 11.2. The summed E-state index contributed by atoms with van der Waals surface area (Å²) in [6, 6.07) is 2.62. The molecule has 3 nitrogen and oxygen atoms in total. The largest absolute Gasteiger partial charge is 0.311 e. The molecule has 2 unspecified atom stereocenters. The summed E-state index contributed by atoms with van der Waals surface area (Å²) in [4.78, 5) is 2.50. The van der Waals surface area contributed by atoms with Crippen LogP contribution in [0.25, 0.3) is 0 Å². The van der Waals surface area contributed by atoms with Gasteiger partial charge in [-0.1, -0.05) is 20.8 Å². The van der Waals surface area contributed by atoms with Crippen molar-refractivity contribution in [2.45, 2.75) is 33.2 Å². The van der Waals surface area contributed by atoms with Gasteiger partial charge in [0, 0.05) is 25.7 Å². The van der Waals surface area contributed by atoms with E-state index < -0.39 is 0 Å². The lowest BCUT2D eigenvalue weighted by Crippen LogP contribution is -2.38. The van der Waals surface area contributed by atoms with Crippen LogP contribution in [0.4, 0.5) is 0 Å². The maximum Gasteiger partial charge on any atom is 0.0638 e. The van der Waals surface area contributed by atoms with E-state index in [4.69, 9.17) is 5.26 Å². The van der Waals surface area contributed by atoms with E-state index in [-0.39, 0.29) is 0 Å². The highest BCUT2D eigenvalue weighted by atomic mass is 15.2. The maximum absolute atomic E-state index is 8.74. The van der Waals surface area contributed by atoms with Crippen LogP contribution < -0.4 is 5.32 Å². The molecule has 0 aliphatic carbocycles. The molecule has 15 heavy (non-hydrogen) atoms. The zero-order valence-electron chi connectivity index (χ0n) is 10.2. The van der Waals surface area contributed by atoms with Crippen molar-refractivity contribution in [3.05, 3.63) is 0 Å². The second-order valence-electron chi connectivity index (χ2n) is 5.18. The standard InChI is InChI=1S/C12H23N3/c1-10(2)7-15-8-11(3)6-14-12(9-15)4-5-13/h10-12,14H,4,6-9H2,1-3H3. The Morgan fingerprint density at radius 2 is 2.20 bits per heavy atom. The zero-order valence-corrected chi connectivity index (χ0v) is 10.2. The van der Waals surface area contributed by atoms with Gasteiger partial charge in [-0.2, -0.15) is 5.26 Å². The van der Waals surface area contributed by atoms with E-state index in [1.165, 1.54) is 0 Å². The summed E-state index contributed by atoms with van der Waals surface area (Å²) in [5.41, 5.74) is 0. The van der Waals surface area contributed by atoms with Gasteiger partial charge in [0.15, 0.2) is 0 Å². The molecule has 0 aromatic heterocycles. The van der Waals surface area contributed by atoms with E-state index in [1.54, 1.807) is 0 Å². The second kappa shape index (κ2) is 6.09. The third-order valence-electron chi connectivity index (χ3n) is 2.76. The van der Waals surface area contributed by atoms with Gasteiger partial charge in [0.2, 0.25) is 0 Å². The quantitative estimate of drug-likeness (QED) is 0.765. The van der Waals surface area contributed by atoms with Crippen LogP contribution in [-0.4, -0.2) is 37.1 Å². The van der Waals surface area contributed by atoms with E-state index in [2.05, 4.69) is 37.1 Å². The zero-order chi connectivity index (χ0) is 11.3. The fourth-order valence-corrected chi connectivity index (χ4v) is 2.24. The van der Waals surface area contributed by atoms with Gasteiger partial charge in [0.25, 0.3) is 0 Å². The molecule has 2 atom stereocenters. The third kappa shape index (κ3) is 4.63. The Balaban J connectivity index is 2.50. The lowest BCUT2D eigenvalue weighted by atomic mass is 10.1. The lowest BCUT2D eigenvalue weighted by molar-refractivity contribution is 0.223. The van der Waals surface area contributed by atoms with Gasteiger partial charge < -0.3 is 10.2 Å². The van der Waals surface area contributed by atoms with Crippen LogP contribution in [-0.2, 0) is 0 Å². The first-order valence-electron chi connectivity index (χ1n) is 5.94. The average molecular weight is 209 g/mol. The van der Waals surface area contributed by atoms with Crippen molar-refractivity contribution in [1.29, 1.82) is 5.26 Å². The van der Waals surface area contributed by atoms with Crippen molar-refractivity contribution in [1.82, 2.24) is 10.2 Å². The molecule has 0 amide bonds. The van der Waals surface area contributed by atoms with Crippen LogP contribution in [0.1, 0.15) is 27.2 Å². The molecule has 1 heterocycles. The fraction of sp³-hybridized carbons (Fsp3) is 0.917. The van der Waals surface area contributed by atoms with Crippen LogP contribution in [0, 0.1) is 23.2 Å². The molecule has 0 radical (unpaired) electrons. The van der Waals surface area contributed by atoms with Gasteiger partial charge in [-0.15, -0.1) is 0 Å². The molecule has 0 aromatic rings. The predicted molar refractivity (Wildman–Crippen MR) is 62.5 cm³/mol. The molecule has 0 saturated carbocycles. The summed E-state index contributed by atoms with van der Waals surface area (Å²) < 4.78 is 0. The summed E-state index contributed by atoms with van der Waals surface area (Å²) in [5.74, 6) is 1.39. The second-order valence-corrected chi connectivity index (χ2v) is 5.18. The molecule has 0 spiro atoms. The first-order chi connectivity index (χ1) is 7.11. The predicted octanol–water partition coefficient (Wildman–Crippen LogP) is 1.47. The van der Waals surface area contributed by atoms with Crippen molar-refractivity contribution in [3.8, 4) is 6.07 Å². The number of nitrogens with zero attached hydrogens (tertiary/aromatic N) is 2. The van der Waals surface area contributed by atoms with Crippen LogP contribution in [0.15, 0.2) is 0 Å². The minimum Gasteiger partial charge on any atom is -0.311 e. The van der Waals surface area contributed by atoms with Gasteiger partial charge in [0.05, 0.1) is 12.5 Å². The van der Waals surface area contributed by atoms with Gasteiger partial charge in [-0.25, -0.2) is 0 Å². The number of hydrogen-bond donors (Lipinski definition) is 1. The maximum atomic E-state index is 8.74. The van der Waals surface area contributed by atoms with Crippen molar-refractivity contribution in [3.63, 3.8) is 0 Å². The SMILES string of the molecule is CC(C)CN1CC(C)CNC(CC#N)C1. The van der Waals surface area contributed by atoms with Crippen LogP contribution in [0.2, 0.25) is 0 Å². The first-order valence-corrected chi connectivity index (χ1v) is 5.94. The van der Waals surface area contributed by atoms with E-state index in [0.29, 0.717) is 24.3 Å². The van der Waals surface area contributed by atoms with E-state index in [0.717, 1.165) is 26.2 Å². The molecular formula is C12H23N3. The number of rotatable bonds is 3. The van der Waals surface area contributed by atoms with Crippen molar-refractivity contribution in [2.75, 3.05) is 26.2 Å². The highest BCUT2D eigenvalue weighted by molar-refractivity contribution is 4.86. The van der Waals surface area contributed by atoms with Crippen molar-refractivity contribution >= 4 is 0 Å². The first kappa shape index (κ1) is 12.5. The highest BCUT2D eigenvalue weighted by Crippen LogP contribution is 2.10. The summed E-state index contributed by atoms with van der Waals surface area (Å²) >= 11 is 0. The molecule has 1 fully saturated rings. The third-order valence-corrected chi connectivity index (χ3v) is 2.76. The van der Waals surface area contributed by atoms with Gasteiger partial charge >= 0.3 is 0 Å². The van der Waals surface area contributed by atoms with Crippen LogP contribution >= 0.6 is 0 Å². The number of hydrogen-bond acceptors (Lipinski definition) is 3. The molecule has 1 saturated heterocycles. The monoisotopic (exact) mass is 209 g/mol. The van der Waals surface area contributed by atoms with E-state index >= 15 is 0 Å². The normalized spacial score (nSPS) is 28.7. The minimum absolute atomic E-state index is 0.360. The van der Waals surface area contributed by atoms with Gasteiger partial charge in [-0.05, 0) is 18.4 Å². The van der Waals surface area contributed by atoms with Crippen LogP contribution in [0.5, 0.6) is 0 Å². The van der Waals surface area contributed by atoms with Crippen molar-refractivity contribution < 1.29 is 0 Å². The molecule has 86 valence electrons.